The van der Waals surface area contributed by atoms with Gasteiger partial charge in [-0.05, 0) is 37.5 Å². The molecule has 6 heteroatoms. The Morgan fingerprint density at radius 1 is 1.25 bits per heavy atom. The summed E-state index contributed by atoms with van der Waals surface area (Å²) in [5.74, 6) is 1.40. The monoisotopic (exact) mass is 273 g/mol. The van der Waals surface area contributed by atoms with Crippen molar-refractivity contribution < 1.29 is 4.74 Å². The fourth-order valence-electron chi connectivity index (χ4n) is 1.79. The zero-order valence-electron chi connectivity index (χ0n) is 11.5. The minimum Gasteiger partial charge on any atom is -0.477 e. The first-order valence-corrected chi connectivity index (χ1v) is 6.68. The van der Waals surface area contributed by atoms with Crippen molar-refractivity contribution in [2.45, 2.75) is 19.8 Å². The van der Waals surface area contributed by atoms with E-state index in [1.54, 1.807) is 18.5 Å². The quantitative estimate of drug-likeness (QED) is 0.749. The van der Waals surface area contributed by atoms with Crippen molar-refractivity contribution in [3.05, 3.63) is 36.2 Å². The number of hydrogen-bond donors (Lipinski definition) is 2. The summed E-state index contributed by atoms with van der Waals surface area (Å²) < 4.78 is 5.61. The highest BCUT2D eigenvalue weighted by Gasteiger charge is 2.02. The number of anilines is 2. The van der Waals surface area contributed by atoms with E-state index in [1.807, 2.05) is 19.1 Å². The molecule has 3 N–H and O–H groups in total. The Bertz CT molecular complexity index is 532. The first kappa shape index (κ1) is 14.0. The van der Waals surface area contributed by atoms with E-state index < -0.39 is 0 Å². The van der Waals surface area contributed by atoms with Crippen molar-refractivity contribution in [1.82, 2.24) is 15.0 Å². The normalized spacial score (nSPS) is 10.2. The second-order valence-corrected chi connectivity index (χ2v) is 4.29. The molecule has 0 atom stereocenters. The Kier molecular flexibility index (Phi) is 5.11. The van der Waals surface area contributed by atoms with E-state index >= 15 is 0 Å². The van der Waals surface area contributed by atoms with Gasteiger partial charge < -0.3 is 15.8 Å². The molecule has 20 heavy (non-hydrogen) atoms. The highest BCUT2D eigenvalue weighted by molar-refractivity contribution is 5.42. The van der Waals surface area contributed by atoms with E-state index in [2.05, 4.69) is 20.3 Å². The van der Waals surface area contributed by atoms with Gasteiger partial charge >= 0.3 is 0 Å². The lowest BCUT2D eigenvalue weighted by Crippen LogP contribution is -2.07. The molecule has 6 nitrogen and oxygen atoms in total. The van der Waals surface area contributed by atoms with Gasteiger partial charge in [-0.15, -0.1) is 0 Å². The second-order valence-electron chi connectivity index (χ2n) is 4.29. The molecule has 0 fully saturated rings. The average Bonchev–Trinajstić information content (AvgIpc) is 2.45. The molecule has 2 heterocycles. The van der Waals surface area contributed by atoms with Crippen LogP contribution in [0, 0.1) is 0 Å². The van der Waals surface area contributed by atoms with Gasteiger partial charge in [0.25, 0.3) is 0 Å². The van der Waals surface area contributed by atoms with Crippen LogP contribution in [0.4, 0.5) is 11.8 Å². The minimum absolute atomic E-state index is 0.215. The SMILES string of the molecule is CCNc1cc(OCCCc2ccncc2)nc(N)n1. The van der Waals surface area contributed by atoms with Gasteiger partial charge in [-0.3, -0.25) is 4.98 Å². The number of hydrogen-bond acceptors (Lipinski definition) is 6. The van der Waals surface area contributed by atoms with Crippen molar-refractivity contribution in [3.63, 3.8) is 0 Å². The predicted octanol–water partition coefficient (Wildman–Crippen LogP) is 1.90. The number of rotatable bonds is 7. The van der Waals surface area contributed by atoms with Gasteiger partial charge in [0.05, 0.1) is 6.61 Å². The average molecular weight is 273 g/mol. The maximum atomic E-state index is 5.64. The predicted molar refractivity (Wildman–Crippen MR) is 78.7 cm³/mol. The highest BCUT2D eigenvalue weighted by Crippen LogP contribution is 2.14. The molecule has 0 aliphatic heterocycles. The number of aryl methyl sites for hydroxylation is 1. The maximum absolute atomic E-state index is 5.64. The van der Waals surface area contributed by atoms with Crippen molar-refractivity contribution >= 4 is 11.8 Å². The lowest BCUT2D eigenvalue weighted by Gasteiger charge is -2.08. The third-order valence-electron chi connectivity index (χ3n) is 2.69. The van der Waals surface area contributed by atoms with Crippen LogP contribution in [0.5, 0.6) is 5.88 Å². The molecule has 0 aromatic carbocycles. The van der Waals surface area contributed by atoms with Crippen LogP contribution in [-0.4, -0.2) is 28.1 Å². The Morgan fingerprint density at radius 2 is 2.05 bits per heavy atom. The molecule has 2 aromatic heterocycles. The zero-order chi connectivity index (χ0) is 14.2. The van der Waals surface area contributed by atoms with Crippen LogP contribution < -0.4 is 15.8 Å². The smallest absolute Gasteiger partial charge is 0.225 e. The number of pyridine rings is 1. The van der Waals surface area contributed by atoms with E-state index in [0.717, 1.165) is 19.4 Å². The number of aromatic nitrogens is 3. The third-order valence-corrected chi connectivity index (χ3v) is 2.69. The molecule has 0 amide bonds. The molecule has 106 valence electrons. The van der Waals surface area contributed by atoms with Gasteiger partial charge in [-0.2, -0.15) is 9.97 Å². The fourth-order valence-corrected chi connectivity index (χ4v) is 1.79. The van der Waals surface area contributed by atoms with Crippen LogP contribution in [-0.2, 0) is 6.42 Å². The van der Waals surface area contributed by atoms with Gasteiger partial charge in [0.1, 0.15) is 5.82 Å². The molecule has 0 aliphatic rings. The van der Waals surface area contributed by atoms with E-state index in [9.17, 15) is 0 Å². The summed E-state index contributed by atoms with van der Waals surface area (Å²) in [7, 11) is 0. The van der Waals surface area contributed by atoms with E-state index in [1.165, 1.54) is 5.56 Å². The van der Waals surface area contributed by atoms with Gasteiger partial charge in [0.2, 0.25) is 11.8 Å². The number of ether oxygens (including phenoxy) is 1. The summed E-state index contributed by atoms with van der Waals surface area (Å²) in [6.45, 7) is 3.36. The summed E-state index contributed by atoms with van der Waals surface area (Å²) >= 11 is 0. The van der Waals surface area contributed by atoms with Crippen molar-refractivity contribution in [3.8, 4) is 5.88 Å². The molecule has 0 aliphatic carbocycles. The Morgan fingerprint density at radius 3 is 2.80 bits per heavy atom. The summed E-state index contributed by atoms with van der Waals surface area (Å²) in [6.07, 6.45) is 5.45. The third kappa shape index (κ3) is 4.38. The number of nitrogen functional groups attached to an aromatic ring is 1. The van der Waals surface area contributed by atoms with Crippen molar-refractivity contribution in [2.75, 3.05) is 24.2 Å². The standard InChI is InChI=1S/C14H19N5O/c1-2-17-12-10-13(19-14(15)18-12)20-9-3-4-11-5-7-16-8-6-11/h5-8,10H,2-4,9H2,1H3,(H3,15,17,18,19). The van der Waals surface area contributed by atoms with Crippen LogP contribution >= 0.6 is 0 Å². The summed E-state index contributed by atoms with van der Waals surface area (Å²) in [5.41, 5.74) is 6.89. The Labute approximate surface area is 118 Å². The molecule has 0 radical (unpaired) electrons. The number of nitrogens with zero attached hydrogens (tertiary/aromatic N) is 3. The zero-order valence-corrected chi connectivity index (χ0v) is 11.5. The fraction of sp³-hybridized carbons (Fsp3) is 0.357. The summed E-state index contributed by atoms with van der Waals surface area (Å²) in [5, 5.41) is 3.09. The first-order valence-electron chi connectivity index (χ1n) is 6.68. The molecule has 2 aromatic rings. The molecule has 2 rings (SSSR count). The van der Waals surface area contributed by atoms with Crippen molar-refractivity contribution in [1.29, 1.82) is 0 Å². The van der Waals surface area contributed by atoms with Crippen LogP contribution in [0.1, 0.15) is 18.9 Å². The van der Waals surface area contributed by atoms with Gasteiger partial charge in [-0.25, -0.2) is 0 Å². The van der Waals surface area contributed by atoms with Gasteiger partial charge in [-0.1, -0.05) is 0 Å². The Hall–Kier alpha value is -2.37. The molecule has 0 bridgehead atoms. The number of nitrogens with two attached hydrogens (primary N) is 1. The molecular weight excluding hydrogens is 254 g/mol. The number of nitrogens with one attached hydrogen (secondary N) is 1. The largest absolute Gasteiger partial charge is 0.477 e. The maximum Gasteiger partial charge on any atom is 0.225 e. The summed E-state index contributed by atoms with van der Waals surface area (Å²) in [6, 6.07) is 5.77. The van der Waals surface area contributed by atoms with Crippen LogP contribution in [0.15, 0.2) is 30.6 Å². The van der Waals surface area contributed by atoms with Gasteiger partial charge in [0, 0.05) is 25.0 Å². The van der Waals surface area contributed by atoms with Crippen LogP contribution in [0.2, 0.25) is 0 Å². The summed E-state index contributed by atoms with van der Waals surface area (Å²) in [4.78, 5) is 12.1. The van der Waals surface area contributed by atoms with E-state index in [4.69, 9.17) is 10.5 Å². The lowest BCUT2D eigenvalue weighted by molar-refractivity contribution is 0.299. The topological polar surface area (TPSA) is 86.0 Å². The Balaban J connectivity index is 1.81. The molecule has 0 spiro atoms. The molecule has 0 saturated heterocycles. The minimum atomic E-state index is 0.215. The van der Waals surface area contributed by atoms with Gasteiger partial charge in [0.15, 0.2) is 0 Å². The van der Waals surface area contributed by atoms with E-state index in [0.29, 0.717) is 18.3 Å². The van der Waals surface area contributed by atoms with Crippen LogP contribution in [0.3, 0.4) is 0 Å². The first-order chi connectivity index (χ1) is 9.78. The lowest BCUT2D eigenvalue weighted by atomic mass is 10.1. The van der Waals surface area contributed by atoms with Crippen LogP contribution in [0.25, 0.3) is 0 Å². The second kappa shape index (κ2) is 7.28. The molecule has 0 saturated carbocycles. The highest BCUT2D eigenvalue weighted by atomic mass is 16.5. The molecule has 0 unspecified atom stereocenters. The molecular formula is C14H19N5O. The van der Waals surface area contributed by atoms with E-state index in [-0.39, 0.29) is 5.95 Å². The van der Waals surface area contributed by atoms with Crippen molar-refractivity contribution in [2.24, 2.45) is 0 Å².